The third-order valence-corrected chi connectivity index (χ3v) is 4.53. The van der Waals surface area contributed by atoms with Crippen LogP contribution in [0.3, 0.4) is 0 Å². The van der Waals surface area contributed by atoms with E-state index in [9.17, 15) is 5.11 Å². The third kappa shape index (κ3) is 4.85. The number of piperidine rings is 1. The smallest absolute Gasteiger partial charge is 0.164 e. The van der Waals surface area contributed by atoms with Crippen LogP contribution in [-0.4, -0.2) is 49.5 Å². The topological polar surface area (TPSA) is 41.9 Å². The number of nitrogens with zero attached hydrogens (tertiary/aromatic N) is 1. The molecule has 2 unspecified atom stereocenters. The maximum Gasteiger partial charge on any atom is 0.164 e. The average molecular weight is 321 g/mol. The molecular weight excluding hydrogens is 290 g/mol. The van der Waals surface area contributed by atoms with Crippen LogP contribution in [0.4, 0.5) is 0 Å². The summed E-state index contributed by atoms with van der Waals surface area (Å²) in [7, 11) is 1.68. The van der Waals surface area contributed by atoms with Crippen LogP contribution in [0.25, 0.3) is 0 Å². The maximum atomic E-state index is 10.4. The fourth-order valence-electron chi connectivity index (χ4n) is 3.35. The number of para-hydroxylation sites is 1. The Morgan fingerprint density at radius 2 is 2.09 bits per heavy atom. The van der Waals surface area contributed by atoms with E-state index in [1.165, 1.54) is 0 Å². The van der Waals surface area contributed by atoms with Gasteiger partial charge in [-0.2, -0.15) is 0 Å². The number of methoxy groups -OCH3 is 1. The van der Waals surface area contributed by atoms with E-state index in [0.717, 1.165) is 62.4 Å². The standard InChI is InChI=1S/C19H31NO3/c1-4-10-20-11-9-17(21)16(14-20)13-15-7-6-8-18(22-3)19(15)23-12-5-2/h6-8,16-17,21H,4-5,9-14H2,1-3H3. The Balaban J connectivity index is 2.13. The lowest BCUT2D eigenvalue weighted by molar-refractivity contribution is 0.0267. The Morgan fingerprint density at radius 3 is 2.78 bits per heavy atom. The Labute approximate surface area is 140 Å². The molecule has 1 fully saturated rings. The van der Waals surface area contributed by atoms with Crippen LogP contribution >= 0.6 is 0 Å². The van der Waals surface area contributed by atoms with Gasteiger partial charge < -0.3 is 19.5 Å². The van der Waals surface area contributed by atoms with Gasteiger partial charge in [0.25, 0.3) is 0 Å². The molecule has 1 aliphatic rings. The molecule has 1 aliphatic heterocycles. The first-order chi connectivity index (χ1) is 11.2. The number of rotatable bonds is 8. The Hall–Kier alpha value is -1.26. The first-order valence-electron chi connectivity index (χ1n) is 8.88. The molecule has 0 aromatic heterocycles. The van der Waals surface area contributed by atoms with Crippen LogP contribution < -0.4 is 9.47 Å². The zero-order chi connectivity index (χ0) is 16.7. The van der Waals surface area contributed by atoms with E-state index in [1.54, 1.807) is 7.11 Å². The van der Waals surface area contributed by atoms with Crippen molar-refractivity contribution in [2.45, 2.75) is 45.6 Å². The number of benzene rings is 1. The minimum Gasteiger partial charge on any atom is -0.493 e. The van der Waals surface area contributed by atoms with E-state index >= 15 is 0 Å². The molecule has 1 aromatic carbocycles. The highest BCUT2D eigenvalue weighted by molar-refractivity contribution is 5.47. The first-order valence-corrected chi connectivity index (χ1v) is 8.88. The number of likely N-dealkylation sites (tertiary alicyclic amines) is 1. The van der Waals surface area contributed by atoms with Crippen molar-refractivity contribution >= 4 is 0 Å². The lowest BCUT2D eigenvalue weighted by Crippen LogP contribution is -2.44. The number of aliphatic hydroxyl groups excluding tert-OH is 1. The van der Waals surface area contributed by atoms with E-state index in [1.807, 2.05) is 12.1 Å². The van der Waals surface area contributed by atoms with Gasteiger partial charge in [0.2, 0.25) is 0 Å². The lowest BCUT2D eigenvalue weighted by Gasteiger charge is -2.36. The molecule has 2 atom stereocenters. The van der Waals surface area contributed by atoms with E-state index in [4.69, 9.17) is 9.47 Å². The molecule has 4 heteroatoms. The highest BCUT2D eigenvalue weighted by Gasteiger charge is 2.28. The van der Waals surface area contributed by atoms with Crippen LogP contribution in [-0.2, 0) is 6.42 Å². The molecule has 0 saturated carbocycles. The SMILES string of the molecule is CCCOc1c(CC2CN(CCC)CCC2O)cccc1OC. The second kappa shape index (κ2) is 9.14. The van der Waals surface area contributed by atoms with Gasteiger partial charge in [0, 0.05) is 19.0 Å². The van der Waals surface area contributed by atoms with Crippen molar-refractivity contribution in [2.24, 2.45) is 5.92 Å². The van der Waals surface area contributed by atoms with Gasteiger partial charge in [-0.25, -0.2) is 0 Å². The lowest BCUT2D eigenvalue weighted by atomic mass is 9.88. The van der Waals surface area contributed by atoms with Crippen molar-refractivity contribution < 1.29 is 14.6 Å². The highest BCUT2D eigenvalue weighted by atomic mass is 16.5. The predicted octanol–water partition coefficient (Wildman–Crippen LogP) is 3.12. The van der Waals surface area contributed by atoms with Crippen molar-refractivity contribution in [3.63, 3.8) is 0 Å². The molecule has 0 amide bonds. The minimum atomic E-state index is -0.228. The molecule has 1 saturated heterocycles. The Bertz CT molecular complexity index is 478. The van der Waals surface area contributed by atoms with Crippen LogP contribution in [0.15, 0.2) is 18.2 Å². The predicted molar refractivity (Wildman–Crippen MR) is 93.3 cm³/mol. The van der Waals surface area contributed by atoms with E-state index < -0.39 is 0 Å². The molecule has 0 bridgehead atoms. The van der Waals surface area contributed by atoms with Gasteiger partial charge in [0.15, 0.2) is 11.5 Å². The molecule has 1 N–H and O–H groups in total. The molecule has 1 aromatic rings. The fraction of sp³-hybridized carbons (Fsp3) is 0.684. The molecule has 4 nitrogen and oxygen atoms in total. The monoisotopic (exact) mass is 321 g/mol. The summed E-state index contributed by atoms with van der Waals surface area (Å²) in [6.07, 6.45) is 3.59. The summed E-state index contributed by atoms with van der Waals surface area (Å²) in [6, 6.07) is 6.04. The molecular formula is C19H31NO3. The molecule has 1 heterocycles. The van der Waals surface area contributed by atoms with Gasteiger partial charge in [0.05, 0.1) is 19.8 Å². The maximum absolute atomic E-state index is 10.4. The third-order valence-electron chi connectivity index (χ3n) is 4.53. The summed E-state index contributed by atoms with van der Waals surface area (Å²) in [5.41, 5.74) is 1.14. The number of hydrogen-bond acceptors (Lipinski definition) is 4. The average Bonchev–Trinajstić information content (AvgIpc) is 2.56. The van der Waals surface area contributed by atoms with E-state index in [-0.39, 0.29) is 12.0 Å². The van der Waals surface area contributed by atoms with Gasteiger partial charge >= 0.3 is 0 Å². The molecule has 0 aliphatic carbocycles. The summed E-state index contributed by atoms with van der Waals surface area (Å²) >= 11 is 0. The number of hydrogen-bond donors (Lipinski definition) is 1. The summed E-state index contributed by atoms with van der Waals surface area (Å²) in [5.74, 6) is 1.88. The van der Waals surface area contributed by atoms with Crippen molar-refractivity contribution in [3.8, 4) is 11.5 Å². The van der Waals surface area contributed by atoms with Crippen LogP contribution in [0.1, 0.15) is 38.7 Å². The minimum absolute atomic E-state index is 0.228. The summed E-state index contributed by atoms with van der Waals surface area (Å²) in [6.45, 7) is 8.06. The molecule has 0 spiro atoms. The zero-order valence-electron chi connectivity index (χ0n) is 14.8. The van der Waals surface area contributed by atoms with Gasteiger partial charge in [-0.1, -0.05) is 26.0 Å². The normalized spacial score (nSPS) is 22.1. The first kappa shape index (κ1) is 18.1. The fourth-order valence-corrected chi connectivity index (χ4v) is 3.35. The van der Waals surface area contributed by atoms with Gasteiger partial charge in [-0.3, -0.25) is 0 Å². The number of aliphatic hydroxyl groups is 1. The summed E-state index contributed by atoms with van der Waals surface area (Å²) in [5, 5.41) is 10.4. The Kier molecular flexibility index (Phi) is 7.18. The highest BCUT2D eigenvalue weighted by Crippen LogP contribution is 2.34. The van der Waals surface area contributed by atoms with Crippen molar-refractivity contribution in [2.75, 3.05) is 33.4 Å². The van der Waals surface area contributed by atoms with Crippen LogP contribution in [0.5, 0.6) is 11.5 Å². The van der Waals surface area contributed by atoms with Crippen LogP contribution in [0.2, 0.25) is 0 Å². The summed E-state index contributed by atoms with van der Waals surface area (Å²) < 4.78 is 11.4. The molecule has 130 valence electrons. The zero-order valence-corrected chi connectivity index (χ0v) is 14.8. The van der Waals surface area contributed by atoms with Gasteiger partial charge in [0.1, 0.15) is 0 Å². The quantitative estimate of drug-likeness (QED) is 0.799. The largest absolute Gasteiger partial charge is 0.493 e. The van der Waals surface area contributed by atoms with Gasteiger partial charge in [-0.05, 0) is 43.9 Å². The van der Waals surface area contributed by atoms with Crippen LogP contribution in [0, 0.1) is 5.92 Å². The Morgan fingerprint density at radius 1 is 1.26 bits per heavy atom. The molecule has 23 heavy (non-hydrogen) atoms. The van der Waals surface area contributed by atoms with Crippen molar-refractivity contribution in [1.29, 1.82) is 0 Å². The summed E-state index contributed by atoms with van der Waals surface area (Å²) in [4.78, 5) is 2.46. The second-order valence-electron chi connectivity index (χ2n) is 6.42. The number of ether oxygens (including phenoxy) is 2. The van der Waals surface area contributed by atoms with Crippen molar-refractivity contribution in [3.05, 3.63) is 23.8 Å². The van der Waals surface area contributed by atoms with E-state index in [2.05, 4.69) is 24.8 Å². The van der Waals surface area contributed by atoms with E-state index in [0.29, 0.717) is 6.61 Å². The second-order valence-corrected chi connectivity index (χ2v) is 6.42. The molecule has 0 radical (unpaired) electrons. The molecule has 2 rings (SSSR count). The van der Waals surface area contributed by atoms with Crippen molar-refractivity contribution in [1.82, 2.24) is 4.90 Å². The van der Waals surface area contributed by atoms with Gasteiger partial charge in [-0.15, -0.1) is 0 Å².